The van der Waals surface area contributed by atoms with E-state index in [2.05, 4.69) is 27.1 Å². The summed E-state index contributed by atoms with van der Waals surface area (Å²) in [6.45, 7) is 11.2. The number of likely N-dealkylation sites (N-methyl/N-ethyl adjacent to an activating group) is 1. The lowest BCUT2D eigenvalue weighted by Crippen LogP contribution is -2.50. The van der Waals surface area contributed by atoms with Crippen molar-refractivity contribution in [1.29, 1.82) is 0 Å². The third kappa shape index (κ3) is 7.39. The van der Waals surface area contributed by atoms with Crippen molar-refractivity contribution in [3.05, 3.63) is 35.6 Å². The van der Waals surface area contributed by atoms with E-state index in [1.54, 1.807) is 0 Å². The average molecular weight is 412 g/mol. The molecular formula is C24H37N5O. The van der Waals surface area contributed by atoms with E-state index in [1.165, 1.54) is 5.57 Å². The van der Waals surface area contributed by atoms with Crippen LogP contribution in [0.3, 0.4) is 0 Å². The Morgan fingerprint density at radius 3 is 2.70 bits per heavy atom. The summed E-state index contributed by atoms with van der Waals surface area (Å²) in [6.07, 6.45) is 14.0. The highest BCUT2D eigenvalue weighted by Gasteiger charge is 2.24. The van der Waals surface area contributed by atoms with Gasteiger partial charge in [0, 0.05) is 24.5 Å². The van der Waals surface area contributed by atoms with Crippen LogP contribution >= 0.6 is 0 Å². The van der Waals surface area contributed by atoms with Crippen LogP contribution in [0.2, 0.25) is 0 Å². The Hall–Kier alpha value is -2.50. The standard InChI is InChI=1S/C24H37N5O/c1-18-13-9-7-12-16-26-22(20-14-10-8-11-15-25-20)27-17-21(18)29(6)19(2)23(30)28-24(3,4)5/h8,10-11,14,16,19H,7,9,12-13,15,17H2,1-6H3,(H,28,30)/b21-18-,26-16?,27-22?. The molecule has 1 atom stereocenters. The Morgan fingerprint density at radius 2 is 1.97 bits per heavy atom. The quantitative estimate of drug-likeness (QED) is 0.756. The molecule has 2 heterocycles. The van der Waals surface area contributed by atoms with E-state index in [-0.39, 0.29) is 17.5 Å². The van der Waals surface area contributed by atoms with Gasteiger partial charge in [0.15, 0.2) is 5.84 Å². The molecule has 2 rings (SSSR count). The Bertz CT molecular complexity index is 793. The fraction of sp³-hybridized carbons (Fsp3) is 0.583. The zero-order chi connectivity index (χ0) is 22.1. The summed E-state index contributed by atoms with van der Waals surface area (Å²) >= 11 is 0. The lowest BCUT2D eigenvalue weighted by Gasteiger charge is -2.32. The average Bonchev–Trinajstić information content (AvgIpc) is 2.97. The van der Waals surface area contributed by atoms with Crippen molar-refractivity contribution < 1.29 is 4.79 Å². The number of hydrogen-bond donors (Lipinski definition) is 1. The van der Waals surface area contributed by atoms with Crippen LogP contribution in [0.15, 0.2) is 50.6 Å². The molecule has 0 saturated carbocycles. The van der Waals surface area contributed by atoms with E-state index in [9.17, 15) is 4.79 Å². The number of amides is 1. The number of aliphatic imine (C=N–C) groups is 3. The number of hydrogen-bond acceptors (Lipinski definition) is 5. The van der Waals surface area contributed by atoms with E-state index in [0.717, 1.165) is 37.1 Å². The maximum Gasteiger partial charge on any atom is 0.242 e. The highest BCUT2D eigenvalue weighted by Crippen LogP contribution is 2.19. The second kappa shape index (κ2) is 11.0. The SMILES string of the molecule is C/C1=C(/N(C)C(C)C(=O)NC(C)(C)C)CN=C(C2=NCC=CC=C2)N=CCCCC1. The van der Waals surface area contributed by atoms with Gasteiger partial charge in [-0.1, -0.05) is 23.8 Å². The maximum absolute atomic E-state index is 12.8. The molecule has 2 aliphatic rings. The summed E-state index contributed by atoms with van der Waals surface area (Å²) in [5, 5.41) is 3.08. The van der Waals surface area contributed by atoms with Crippen molar-refractivity contribution in [2.75, 3.05) is 20.1 Å². The van der Waals surface area contributed by atoms with Gasteiger partial charge in [0.1, 0.15) is 11.8 Å². The number of allylic oxidation sites excluding steroid dienone is 3. The zero-order valence-electron chi connectivity index (χ0n) is 19.4. The molecule has 0 fully saturated rings. The third-order valence-electron chi connectivity index (χ3n) is 5.20. The summed E-state index contributed by atoms with van der Waals surface area (Å²) in [5.41, 5.74) is 2.89. The van der Waals surface area contributed by atoms with E-state index >= 15 is 0 Å². The van der Waals surface area contributed by atoms with Crippen molar-refractivity contribution in [2.24, 2.45) is 15.0 Å². The molecule has 1 amide bonds. The Balaban J connectivity index is 2.31. The molecule has 0 spiro atoms. The van der Waals surface area contributed by atoms with Gasteiger partial charge in [-0.3, -0.25) is 14.8 Å². The van der Waals surface area contributed by atoms with Gasteiger partial charge in [-0.2, -0.15) is 0 Å². The first kappa shape index (κ1) is 23.8. The molecule has 0 radical (unpaired) electrons. The fourth-order valence-electron chi connectivity index (χ4n) is 3.33. The van der Waals surface area contributed by atoms with Crippen LogP contribution < -0.4 is 5.32 Å². The molecule has 164 valence electrons. The van der Waals surface area contributed by atoms with E-state index < -0.39 is 0 Å². The number of carbonyl (C=O) groups excluding carboxylic acids is 1. The number of nitrogens with zero attached hydrogens (tertiary/aromatic N) is 4. The van der Waals surface area contributed by atoms with Crippen LogP contribution in [0, 0.1) is 0 Å². The molecule has 0 saturated heterocycles. The summed E-state index contributed by atoms with van der Waals surface area (Å²) in [5.74, 6) is 0.673. The lowest BCUT2D eigenvalue weighted by molar-refractivity contribution is -0.126. The first-order valence-electron chi connectivity index (χ1n) is 10.9. The number of nitrogens with one attached hydrogen (secondary N) is 1. The molecule has 6 nitrogen and oxygen atoms in total. The molecule has 0 bridgehead atoms. The molecule has 1 N–H and O–H groups in total. The topological polar surface area (TPSA) is 69.4 Å². The number of amidine groups is 1. The molecule has 0 aromatic rings. The summed E-state index contributed by atoms with van der Waals surface area (Å²) in [7, 11) is 1.98. The Kier molecular flexibility index (Phi) is 8.75. The molecule has 2 aliphatic heterocycles. The van der Waals surface area contributed by atoms with Gasteiger partial charge in [0.2, 0.25) is 5.91 Å². The van der Waals surface area contributed by atoms with Gasteiger partial charge < -0.3 is 10.2 Å². The molecule has 0 aromatic heterocycles. The summed E-state index contributed by atoms with van der Waals surface area (Å²) in [6, 6.07) is -0.291. The third-order valence-corrected chi connectivity index (χ3v) is 5.20. The molecule has 0 aliphatic carbocycles. The highest BCUT2D eigenvalue weighted by molar-refractivity contribution is 6.46. The van der Waals surface area contributed by atoms with Crippen LogP contribution in [0.5, 0.6) is 0 Å². The predicted octanol–water partition coefficient (Wildman–Crippen LogP) is 4.11. The van der Waals surface area contributed by atoms with Crippen molar-refractivity contribution >= 4 is 23.7 Å². The van der Waals surface area contributed by atoms with Crippen molar-refractivity contribution in [2.45, 2.75) is 71.9 Å². The molecule has 6 heteroatoms. The second-order valence-corrected chi connectivity index (χ2v) is 8.96. The Labute approximate surface area is 181 Å². The molecule has 0 aromatic carbocycles. The van der Waals surface area contributed by atoms with Crippen LogP contribution in [-0.2, 0) is 4.79 Å². The fourth-order valence-corrected chi connectivity index (χ4v) is 3.33. The van der Waals surface area contributed by atoms with Gasteiger partial charge >= 0.3 is 0 Å². The predicted molar refractivity (Wildman–Crippen MR) is 128 cm³/mol. The highest BCUT2D eigenvalue weighted by atomic mass is 16.2. The normalized spacial score (nSPS) is 21.8. The Morgan fingerprint density at radius 1 is 1.20 bits per heavy atom. The summed E-state index contributed by atoms with van der Waals surface area (Å²) in [4.78, 5) is 28.9. The van der Waals surface area contributed by atoms with Crippen molar-refractivity contribution in [1.82, 2.24) is 10.2 Å². The van der Waals surface area contributed by atoms with Gasteiger partial charge in [-0.15, -0.1) is 0 Å². The van der Waals surface area contributed by atoms with E-state index in [4.69, 9.17) is 4.99 Å². The monoisotopic (exact) mass is 411 g/mol. The van der Waals surface area contributed by atoms with Gasteiger partial charge in [-0.25, -0.2) is 4.99 Å². The lowest BCUT2D eigenvalue weighted by atomic mass is 10.0. The second-order valence-electron chi connectivity index (χ2n) is 8.96. The van der Waals surface area contributed by atoms with Crippen molar-refractivity contribution in [3.8, 4) is 0 Å². The first-order valence-corrected chi connectivity index (χ1v) is 10.9. The van der Waals surface area contributed by atoms with Crippen LogP contribution in [0.1, 0.15) is 60.3 Å². The van der Waals surface area contributed by atoms with Crippen LogP contribution in [-0.4, -0.2) is 60.3 Å². The molecular weight excluding hydrogens is 374 g/mol. The van der Waals surface area contributed by atoms with E-state index in [1.807, 2.05) is 65.3 Å². The number of carbonyl (C=O) groups is 1. The minimum Gasteiger partial charge on any atom is -0.365 e. The van der Waals surface area contributed by atoms with Gasteiger partial charge in [0.25, 0.3) is 0 Å². The largest absolute Gasteiger partial charge is 0.365 e. The minimum atomic E-state index is -0.291. The molecule has 30 heavy (non-hydrogen) atoms. The molecule has 1 unspecified atom stereocenters. The van der Waals surface area contributed by atoms with Gasteiger partial charge in [-0.05, 0) is 66.4 Å². The van der Waals surface area contributed by atoms with Crippen LogP contribution in [0.4, 0.5) is 0 Å². The first-order chi connectivity index (χ1) is 14.2. The van der Waals surface area contributed by atoms with Crippen molar-refractivity contribution in [3.63, 3.8) is 0 Å². The summed E-state index contributed by atoms with van der Waals surface area (Å²) < 4.78 is 0. The minimum absolute atomic E-state index is 0.0176. The maximum atomic E-state index is 12.8. The smallest absolute Gasteiger partial charge is 0.242 e. The van der Waals surface area contributed by atoms with Gasteiger partial charge in [0.05, 0.1) is 13.1 Å². The zero-order valence-corrected chi connectivity index (χ0v) is 19.4. The van der Waals surface area contributed by atoms with E-state index in [0.29, 0.717) is 18.9 Å². The number of rotatable bonds is 4. The van der Waals surface area contributed by atoms with Crippen LogP contribution in [0.25, 0.3) is 0 Å².